The highest BCUT2D eigenvalue weighted by Crippen LogP contribution is 2.18. The van der Waals surface area contributed by atoms with Crippen molar-refractivity contribution in [3.8, 4) is 0 Å². The lowest BCUT2D eigenvalue weighted by Crippen LogP contribution is -2.52. The van der Waals surface area contributed by atoms with Gasteiger partial charge in [-0.2, -0.15) is 5.10 Å². The Labute approximate surface area is 149 Å². The second-order valence-corrected chi connectivity index (χ2v) is 6.38. The summed E-state index contributed by atoms with van der Waals surface area (Å²) >= 11 is 5.83. The SMILES string of the molecule is Cc1cc(NC(=O)Nc2ccc(Cl)cc2)n(C2NC(=O)CC(C)N2)n1. The Balaban J connectivity index is 1.73. The number of rotatable bonds is 3. The van der Waals surface area contributed by atoms with Gasteiger partial charge in [-0.1, -0.05) is 11.6 Å². The second kappa shape index (κ2) is 7.12. The number of amides is 3. The van der Waals surface area contributed by atoms with Crippen LogP contribution in [0, 0.1) is 6.92 Å². The number of urea groups is 1. The van der Waals surface area contributed by atoms with E-state index in [2.05, 4.69) is 26.4 Å². The molecule has 9 heteroatoms. The minimum absolute atomic E-state index is 0.0130. The monoisotopic (exact) mass is 362 g/mol. The van der Waals surface area contributed by atoms with Gasteiger partial charge < -0.3 is 10.6 Å². The fourth-order valence-corrected chi connectivity index (χ4v) is 2.74. The van der Waals surface area contributed by atoms with Crippen LogP contribution < -0.4 is 21.3 Å². The van der Waals surface area contributed by atoms with Crippen LogP contribution in [0.25, 0.3) is 0 Å². The van der Waals surface area contributed by atoms with Gasteiger partial charge in [-0.05, 0) is 38.1 Å². The summed E-state index contributed by atoms with van der Waals surface area (Å²) in [5.41, 5.74) is 1.33. The molecule has 1 aliphatic heterocycles. The van der Waals surface area contributed by atoms with Gasteiger partial charge in [-0.3, -0.25) is 15.4 Å². The number of nitrogens with zero attached hydrogens (tertiary/aromatic N) is 2. The molecule has 3 rings (SSSR count). The average Bonchev–Trinajstić information content (AvgIpc) is 2.89. The van der Waals surface area contributed by atoms with E-state index >= 15 is 0 Å². The van der Waals surface area contributed by atoms with Crippen LogP contribution in [0.5, 0.6) is 0 Å². The quantitative estimate of drug-likeness (QED) is 0.673. The van der Waals surface area contributed by atoms with Crippen molar-refractivity contribution in [2.75, 3.05) is 10.6 Å². The van der Waals surface area contributed by atoms with Gasteiger partial charge in [0.25, 0.3) is 0 Å². The van der Waals surface area contributed by atoms with Gasteiger partial charge in [0, 0.05) is 29.2 Å². The number of hydrogen-bond donors (Lipinski definition) is 4. The molecule has 8 nitrogen and oxygen atoms in total. The molecule has 2 unspecified atom stereocenters. The van der Waals surface area contributed by atoms with Gasteiger partial charge in [-0.25, -0.2) is 9.48 Å². The highest BCUT2D eigenvalue weighted by atomic mass is 35.5. The van der Waals surface area contributed by atoms with Crippen molar-refractivity contribution in [3.63, 3.8) is 0 Å². The maximum atomic E-state index is 12.2. The van der Waals surface area contributed by atoms with Crippen LogP contribution in [0.3, 0.4) is 0 Å². The van der Waals surface area contributed by atoms with Gasteiger partial charge in [0.1, 0.15) is 5.82 Å². The Morgan fingerprint density at radius 2 is 2.04 bits per heavy atom. The smallest absolute Gasteiger partial charge is 0.322 e. The van der Waals surface area contributed by atoms with Crippen molar-refractivity contribution in [1.29, 1.82) is 0 Å². The number of anilines is 2. The number of nitrogens with one attached hydrogen (secondary N) is 4. The van der Waals surface area contributed by atoms with E-state index in [-0.39, 0.29) is 11.9 Å². The van der Waals surface area contributed by atoms with Gasteiger partial charge >= 0.3 is 6.03 Å². The first-order valence-corrected chi connectivity index (χ1v) is 8.23. The van der Waals surface area contributed by atoms with Crippen LogP contribution in [-0.4, -0.2) is 27.8 Å². The lowest BCUT2D eigenvalue weighted by atomic mass is 10.2. The molecule has 0 saturated carbocycles. The minimum atomic E-state index is -0.518. The number of carbonyl (C=O) groups excluding carboxylic acids is 2. The van der Waals surface area contributed by atoms with E-state index in [1.807, 2.05) is 13.8 Å². The van der Waals surface area contributed by atoms with Gasteiger partial charge in [-0.15, -0.1) is 0 Å². The summed E-state index contributed by atoms with van der Waals surface area (Å²) in [6, 6.07) is 8.11. The van der Waals surface area contributed by atoms with Crippen LogP contribution in [0.2, 0.25) is 5.02 Å². The van der Waals surface area contributed by atoms with Crippen LogP contribution in [0.15, 0.2) is 30.3 Å². The predicted molar refractivity (Wildman–Crippen MR) is 95.5 cm³/mol. The van der Waals surface area contributed by atoms with Crippen LogP contribution in [0.4, 0.5) is 16.3 Å². The molecule has 1 aromatic heterocycles. The van der Waals surface area contributed by atoms with Crippen molar-refractivity contribution in [3.05, 3.63) is 41.0 Å². The molecule has 2 heterocycles. The third kappa shape index (κ3) is 4.28. The molecule has 2 aromatic rings. The highest BCUT2D eigenvalue weighted by Gasteiger charge is 2.26. The largest absolute Gasteiger partial charge is 0.324 e. The van der Waals surface area contributed by atoms with Crippen molar-refractivity contribution in [2.24, 2.45) is 0 Å². The average molecular weight is 363 g/mol. The minimum Gasteiger partial charge on any atom is -0.322 e. The number of halogens is 1. The molecule has 1 saturated heterocycles. The van der Waals surface area contributed by atoms with Gasteiger partial charge in [0.05, 0.1) is 5.69 Å². The number of hydrogen-bond acceptors (Lipinski definition) is 4. The molecule has 25 heavy (non-hydrogen) atoms. The molecule has 2 atom stereocenters. The molecule has 3 amide bonds. The lowest BCUT2D eigenvalue weighted by Gasteiger charge is -2.30. The third-order valence-corrected chi connectivity index (χ3v) is 3.93. The summed E-state index contributed by atoms with van der Waals surface area (Å²) in [5, 5.41) is 16.4. The topological polar surface area (TPSA) is 100 Å². The maximum Gasteiger partial charge on any atom is 0.324 e. The Morgan fingerprint density at radius 3 is 2.72 bits per heavy atom. The fourth-order valence-electron chi connectivity index (χ4n) is 2.61. The molecular formula is C16H19ClN6O2. The Kier molecular flexibility index (Phi) is 4.91. The van der Waals surface area contributed by atoms with E-state index in [0.29, 0.717) is 22.9 Å². The van der Waals surface area contributed by atoms with Crippen molar-refractivity contribution in [1.82, 2.24) is 20.4 Å². The van der Waals surface area contributed by atoms with Crippen molar-refractivity contribution in [2.45, 2.75) is 32.6 Å². The number of aromatic nitrogens is 2. The molecule has 132 valence electrons. The summed E-state index contributed by atoms with van der Waals surface area (Å²) in [4.78, 5) is 24.0. The molecule has 4 N–H and O–H groups in total. The van der Waals surface area contributed by atoms with Crippen LogP contribution in [0.1, 0.15) is 25.3 Å². The van der Waals surface area contributed by atoms with E-state index in [1.54, 1.807) is 35.0 Å². The molecule has 0 radical (unpaired) electrons. The van der Waals surface area contributed by atoms with Gasteiger partial charge in [0.15, 0.2) is 6.29 Å². The predicted octanol–water partition coefficient (Wildman–Crippen LogP) is 2.44. The van der Waals surface area contributed by atoms with Crippen molar-refractivity contribution < 1.29 is 9.59 Å². The zero-order chi connectivity index (χ0) is 18.0. The first-order valence-electron chi connectivity index (χ1n) is 7.86. The highest BCUT2D eigenvalue weighted by molar-refractivity contribution is 6.30. The van der Waals surface area contributed by atoms with E-state index in [1.165, 1.54) is 0 Å². The first-order chi connectivity index (χ1) is 11.9. The van der Waals surface area contributed by atoms with E-state index in [4.69, 9.17) is 11.6 Å². The van der Waals surface area contributed by atoms with E-state index in [9.17, 15) is 9.59 Å². The summed E-state index contributed by atoms with van der Waals surface area (Å²) in [7, 11) is 0. The Bertz CT molecular complexity index is 788. The summed E-state index contributed by atoms with van der Waals surface area (Å²) in [5.74, 6) is 0.400. The summed E-state index contributed by atoms with van der Waals surface area (Å²) in [6.07, 6.45) is -0.118. The van der Waals surface area contributed by atoms with E-state index < -0.39 is 12.3 Å². The number of benzene rings is 1. The molecule has 0 spiro atoms. The third-order valence-electron chi connectivity index (χ3n) is 3.68. The standard InChI is InChI=1S/C16H19ClN6O2/c1-9-8-14(24)21-15(18-9)23-13(7-10(2)22-23)20-16(25)19-12-5-3-11(17)4-6-12/h3-7,9,15,18H,8H2,1-2H3,(H,21,24)(H2,19,20,25). The second-order valence-electron chi connectivity index (χ2n) is 5.94. The maximum absolute atomic E-state index is 12.2. The summed E-state index contributed by atoms with van der Waals surface area (Å²) < 4.78 is 1.55. The van der Waals surface area contributed by atoms with Crippen molar-refractivity contribution >= 4 is 35.0 Å². The normalized spacial score (nSPS) is 20.0. The van der Waals surface area contributed by atoms with Crippen LogP contribution >= 0.6 is 11.6 Å². The molecule has 0 aliphatic carbocycles. The fraction of sp³-hybridized carbons (Fsp3) is 0.312. The zero-order valence-corrected chi connectivity index (χ0v) is 14.6. The zero-order valence-electron chi connectivity index (χ0n) is 13.8. The molecule has 1 aliphatic rings. The molecular weight excluding hydrogens is 344 g/mol. The number of carbonyl (C=O) groups is 2. The Hall–Kier alpha value is -2.58. The van der Waals surface area contributed by atoms with E-state index in [0.717, 1.165) is 5.69 Å². The molecule has 1 aromatic carbocycles. The molecule has 1 fully saturated rings. The number of aryl methyl sites for hydroxylation is 1. The van der Waals surface area contributed by atoms with Gasteiger partial charge in [0.2, 0.25) is 5.91 Å². The Morgan fingerprint density at radius 1 is 1.32 bits per heavy atom. The summed E-state index contributed by atoms with van der Waals surface area (Å²) in [6.45, 7) is 3.73. The molecule has 0 bridgehead atoms. The first kappa shape index (κ1) is 17.2. The lowest BCUT2D eigenvalue weighted by molar-refractivity contribution is -0.125. The van der Waals surface area contributed by atoms with Crippen LogP contribution in [-0.2, 0) is 4.79 Å².